The minimum atomic E-state index is -0.870. The Bertz CT molecular complexity index is 693. The van der Waals surface area contributed by atoms with Crippen LogP contribution in [0.25, 0.3) is 0 Å². The molecule has 15 heteroatoms. The van der Waals surface area contributed by atoms with Crippen LogP contribution in [0.15, 0.2) is 0 Å². The fraction of sp³-hybridized carbons (Fsp3) is 0.862. The van der Waals surface area contributed by atoms with Gasteiger partial charge < -0.3 is 56.0 Å². The molecule has 0 aromatic heterocycles. The van der Waals surface area contributed by atoms with Crippen molar-refractivity contribution in [1.29, 1.82) is 0 Å². The topological polar surface area (TPSA) is 272 Å². The number of unbranched alkanes of at least 4 members (excludes halogenated alkanes) is 1. The fourth-order valence-corrected chi connectivity index (χ4v) is 3.32. The van der Waals surface area contributed by atoms with Gasteiger partial charge in [0.1, 0.15) is 0 Å². The first-order valence-electron chi connectivity index (χ1n) is 14.9. The van der Waals surface area contributed by atoms with Crippen molar-refractivity contribution in [2.45, 2.75) is 78.6 Å². The molecule has 2 aliphatic rings. The number of carbonyl (C=O) groups excluding carboxylic acids is 2. The summed E-state index contributed by atoms with van der Waals surface area (Å²) in [5.74, 6) is -2.53. The average Bonchev–Trinajstić information content (AvgIpc) is 3.31. The Morgan fingerprint density at radius 2 is 1.09 bits per heavy atom. The third-order valence-electron chi connectivity index (χ3n) is 6.79. The zero-order chi connectivity index (χ0) is 34.6. The second-order valence-corrected chi connectivity index (χ2v) is 11.2. The highest BCUT2D eigenvalue weighted by atomic mass is 16.6. The summed E-state index contributed by atoms with van der Waals surface area (Å²) in [5.41, 5.74) is -0.972. The normalized spacial score (nSPS) is 17.1. The van der Waals surface area contributed by atoms with E-state index in [0.29, 0.717) is 32.4 Å². The molecule has 1 aliphatic carbocycles. The molecule has 0 radical (unpaired) electrons. The van der Waals surface area contributed by atoms with E-state index >= 15 is 0 Å². The van der Waals surface area contributed by atoms with Crippen LogP contribution in [-0.2, 0) is 23.9 Å². The second-order valence-electron chi connectivity index (χ2n) is 11.2. The first-order chi connectivity index (χ1) is 20.7. The van der Waals surface area contributed by atoms with Crippen molar-refractivity contribution in [2.75, 3.05) is 59.3 Å². The summed E-state index contributed by atoms with van der Waals surface area (Å²) < 4.78 is 4.53. The number of nitrogens with one attached hydrogen (secondary N) is 1. The number of carbonyl (C=O) groups is 4. The number of carboxylic acid groups (broad SMARTS) is 2. The molecule has 1 aliphatic heterocycles. The number of esters is 2. The summed E-state index contributed by atoms with van der Waals surface area (Å²) in [5, 5.41) is 78.2. The highest BCUT2D eigenvalue weighted by molar-refractivity contribution is 5.96. The molecule has 0 amide bonds. The third-order valence-corrected chi connectivity index (χ3v) is 6.79. The fourth-order valence-electron chi connectivity index (χ4n) is 3.32. The average molecular weight is 644 g/mol. The molecule has 2 fully saturated rings. The first kappa shape index (κ1) is 46.2. The summed E-state index contributed by atoms with van der Waals surface area (Å²) in [4.78, 5) is 41.7. The van der Waals surface area contributed by atoms with E-state index in [4.69, 9.17) is 46.0 Å². The lowest BCUT2D eigenvalue weighted by Crippen LogP contribution is -2.32. The summed E-state index contributed by atoms with van der Waals surface area (Å²) in [6, 6.07) is 0. The molecule has 0 spiro atoms. The van der Waals surface area contributed by atoms with E-state index in [-0.39, 0.29) is 88.3 Å². The van der Waals surface area contributed by atoms with Crippen LogP contribution in [0.5, 0.6) is 0 Å². The Labute approximate surface area is 259 Å². The van der Waals surface area contributed by atoms with Gasteiger partial charge in [-0.05, 0) is 32.1 Å². The van der Waals surface area contributed by atoms with Crippen molar-refractivity contribution in [1.82, 2.24) is 5.32 Å². The maximum atomic E-state index is 11.0. The molecular formula is C29H57NO14. The molecule has 2 atom stereocenters. The Kier molecular flexibility index (Phi) is 29.6. The van der Waals surface area contributed by atoms with Gasteiger partial charge in [0.25, 0.3) is 0 Å². The van der Waals surface area contributed by atoms with Gasteiger partial charge in [-0.25, -0.2) is 0 Å². The highest BCUT2D eigenvalue weighted by Crippen LogP contribution is 2.36. The standard InChI is InChI=1S/C8H10O3.C6H10O4.C6H14O3.C5H12O2.C4H11NO2/c9-7-5-3-1-2-4-6(5)8(10)11-7;7-5(8)3-1-2-4-6(9)10;1-2-6(3-7,4-8)5-9;1-5(2,3-6)4-7;6-3-1-5-2-4-7/h5-6H,1-4H2;1-4H2,(H,7,8)(H,9,10);7-9H,2-5H2,1H3;6-7H,3-4H2,1-2H3;5-7H,1-4H2. The van der Waals surface area contributed by atoms with Gasteiger partial charge in [-0.2, -0.15) is 0 Å². The zero-order valence-electron chi connectivity index (χ0n) is 26.4. The van der Waals surface area contributed by atoms with E-state index in [1.54, 1.807) is 13.8 Å². The molecule has 15 nitrogen and oxygen atoms in total. The van der Waals surface area contributed by atoms with Gasteiger partial charge in [0.2, 0.25) is 0 Å². The minimum absolute atomic E-state index is 0.0451. The molecule has 1 saturated carbocycles. The Hall–Kier alpha value is -2.24. The van der Waals surface area contributed by atoms with Crippen molar-refractivity contribution in [2.24, 2.45) is 22.7 Å². The smallest absolute Gasteiger partial charge is 0.317 e. The zero-order valence-corrected chi connectivity index (χ0v) is 26.4. The van der Waals surface area contributed by atoms with Crippen LogP contribution in [0, 0.1) is 22.7 Å². The number of aliphatic hydroxyl groups is 7. The van der Waals surface area contributed by atoms with Crippen molar-refractivity contribution >= 4 is 23.9 Å². The highest BCUT2D eigenvalue weighted by Gasteiger charge is 2.44. The molecule has 0 aromatic carbocycles. The third kappa shape index (κ3) is 24.1. The number of ether oxygens (including phenoxy) is 1. The van der Waals surface area contributed by atoms with Crippen LogP contribution in [-0.4, -0.2) is 129 Å². The molecule has 10 N–H and O–H groups in total. The number of aliphatic hydroxyl groups excluding tert-OH is 7. The minimum Gasteiger partial charge on any atom is -0.481 e. The van der Waals surface area contributed by atoms with E-state index < -0.39 is 17.4 Å². The van der Waals surface area contributed by atoms with Crippen LogP contribution < -0.4 is 5.32 Å². The van der Waals surface area contributed by atoms with Crippen molar-refractivity contribution < 1.29 is 69.9 Å². The summed E-state index contributed by atoms with van der Waals surface area (Å²) in [6.07, 6.45) is 5.41. The quantitative estimate of drug-likeness (QED) is 0.0612. The number of hydrogen-bond acceptors (Lipinski definition) is 13. The number of rotatable bonds is 15. The molecule has 262 valence electrons. The van der Waals surface area contributed by atoms with E-state index in [1.807, 2.05) is 6.92 Å². The summed E-state index contributed by atoms with van der Waals surface area (Å²) in [7, 11) is 0. The van der Waals surface area contributed by atoms with Gasteiger partial charge in [0.15, 0.2) is 0 Å². The maximum absolute atomic E-state index is 11.0. The Balaban J connectivity index is -0.000000484. The predicted molar refractivity (Wildman–Crippen MR) is 159 cm³/mol. The lowest BCUT2D eigenvalue weighted by molar-refractivity contribution is -0.154. The van der Waals surface area contributed by atoms with Crippen LogP contribution in [0.4, 0.5) is 0 Å². The number of carboxylic acids is 2. The number of hydrogen-bond donors (Lipinski definition) is 10. The van der Waals surface area contributed by atoms with Crippen molar-refractivity contribution in [3.8, 4) is 0 Å². The van der Waals surface area contributed by atoms with Gasteiger partial charge in [-0.1, -0.05) is 33.6 Å². The Morgan fingerprint density at radius 3 is 1.30 bits per heavy atom. The monoisotopic (exact) mass is 643 g/mol. The molecular weight excluding hydrogens is 586 g/mol. The predicted octanol–water partition coefficient (Wildman–Crippen LogP) is -0.490. The summed E-state index contributed by atoms with van der Waals surface area (Å²) in [6.45, 7) is 6.46. The SMILES string of the molecule is CC(C)(CO)CO.CCC(CO)(CO)CO.O=C(O)CCCCC(=O)O.O=C1OC(=O)C2CCCCC12.OCCNCCO. The van der Waals surface area contributed by atoms with E-state index in [2.05, 4.69) is 10.1 Å². The molecule has 1 heterocycles. The van der Waals surface area contributed by atoms with Gasteiger partial charge >= 0.3 is 23.9 Å². The molecule has 44 heavy (non-hydrogen) atoms. The van der Waals surface area contributed by atoms with Crippen molar-refractivity contribution in [3.63, 3.8) is 0 Å². The van der Waals surface area contributed by atoms with Gasteiger partial charge in [0.05, 0.1) is 58.1 Å². The first-order valence-corrected chi connectivity index (χ1v) is 14.9. The van der Waals surface area contributed by atoms with E-state index in [0.717, 1.165) is 25.7 Å². The maximum Gasteiger partial charge on any atom is 0.317 e. The van der Waals surface area contributed by atoms with Crippen LogP contribution in [0.2, 0.25) is 0 Å². The van der Waals surface area contributed by atoms with Crippen LogP contribution in [0.1, 0.15) is 78.6 Å². The molecule has 2 unspecified atom stereocenters. The molecule has 2 rings (SSSR count). The van der Waals surface area contributed by atoms with Crippen LogP contribution in [0.3, 0.4) is 0 Å². The number of cyclic esters (lactones) is 2. The molecule has 0 bridgehead atoms. The molecule has 0 aromatic rings. The van der Waals surface area contributed by atoms with Crippen LogP contribution >= 0.6 is 0 Å². The van der Waals surface area contributed by atoms with E-state index in [1.165, 1.54) is 0 Å². The van der Waals surface area contributed by atoms with Gasteiger partial charge in [-0.15, -0.1) is 0 Å². The van der Waals surface area contributed by atoms with Gasteiger partial charge in [0, 0.05) is 36.8 Å². The lowest BCUT2D eigenvalue weighted by atomic mass is 9.81. The second kappa shape index (κ2) is 28.2. The number of aliphatic carboxylic acids is 2. The lowest BCUT2D eigenvalue weighted by Gasteiger charge is -2.24. The largest absolute Gasteiger partial charge is 0.481 e. The number of fused-ring (bicyclic) bond motifs is 1. The molecule has 1 saturated heterocycles. The van der Waals surface area contributed by atoms with Gasteiger partial charge in [-0.3, -0.25) is 19.2 Å². The van der Waals surface area contributed by atoms with E-state index in [9.17, 15) is 19.2 Å². The Morgan fingerprint density at radius 1 is 0.727 bits per heavy atom. The summed E-state index contributed by atoms with van der Waals surface area (Å²) >= 11 is 0. The van der Waals surface area contributed by atoms with Crippen molar-refractivity contribution in [3.05, 3.63) is 0 Å².